The van der Waals surface area contributed by atoms with Gasteiger partial charge in [-0.05, 0) is 18.6 Å². The van der Waals surface area contributed by atoms with Gasteiger partial charge in [0, 0.05) is 18.7 Å². The molecule has 6 heteroatoms. The van der Waals surface area contributed by atoms with Gasteiger partial charge in [-0.2, -0.15) is 5.10 Å². The molecule has 0 spiro atoms. The van der Waals surface area contributed by atoms with Crippen molar-refractivity contribution < 1.29 is 14.6 Å². The average molecular weight is 311 g/mol. The van der Waals surface area contributed by atoms with E-state index in [-0.39, 0.29) is 13.2 Å². The zero-order valence-corrected chi connectivity index (χ0v) is 13.1. The number of aliphatic hydroxyl groups is 1. The number of methoxy groups -OCH3 is 1. The fourth-order valence-corrected chi connectivity index (χ4v) is 2.40. The lowest BCUT2D eigenvalue weighted by atomic mass is 10.2. The SMILES string of the molecule is CCc1nn(C)c(COc2cc(OC)ccc2CO)c1Cl. The van der Waals surface area contributed by atoms with Crippen LogP contribution in [-0.2, 0) is 26.7 Å². The minimum atomic E-state index is -0.0986. The number of nitrogens with zero attached hydrogens (tertiary/aromatic N) is 2. The van der Waals surface area contributed by atoms with E-state index in [2.05, 4.69) is 5.10 Å². The molecular formula is C15H19ClN2O3. The summed E-state index contributed by atoms with van der Waals surface area (Å²) in [6, 6.07) is 5.30. The van der Waals surface area contributed by atoms with Crippen LogP contribution < -0.4 is 9.47 Å². The van der Waals surface area contributed by atoms with Crippen LogP contribution in [0.3, 0.4) is 0 Å². The van der Waals surface area contributed by atoms with Gasteiger partial charge in [0.15, 0.2) is 0 Å². The van der Waals surface area contributed by atoms with Gasteiger partial charge in [-0.3, -0.25) is 4.68 Å². The van der Waals surface area contributed by atoms with Crippen LogP contribution in [0, 0.1) is 0 Å². The summed E-state index contributed by atoms with van der Waals surface area (Å²) in [5, 5.41) is 14.3. The van der Waals surface area contributed by atoms with Crippen molar-refractivity contribution in [2.75, 3.05) is 7.11 Å². The summed E-state index contributed by atoms with van der Waals surface area (Å²) in [7, 11) is 3.42. The molecule has 0 aliphatic carbocycles. The minimum Gasteiger partial charge on any atom is -0.497 e. The van der Waals surface area contributed by atoms with Crippen LogP contribution in [0.1, 0.15) is 23.9 Å². The number of aromatic nitrogens is 2. The van der Waals surface area contributed by atoms with Gasteiger partial charge in [0.05, 0.1) is 30.1 Å². The summed E-state index contributed by atoms with van der Waals surface area (Å²) < 4.78 is 12.7. The number of aliphatic hydroxyl groups excluding tert-OH is 1. The van der Waals surface area contributed by atoms with Gasteiger partial charge in [-0.25, -0.2) is 0 Å². The Balaban J connectivity index is 2.21. The van der Waals surface area contributed by atoms with E-state index in [9.17, 15) is 5.11 Å². The predicted octanol–water partition coefficient (Wildman–Crippen LogP) is 2.72. The molecule has 21 heavy (non-hydrogen) atoms. The van der Waals surface area contributed by atoms with E-state index in [0.717, 1.165) is 17.8 Å². The lowest BCUT2D eigenvalue weighted by Crippen LogP contribution is -2.05. The quantitative estimate of drug-likeness (QED) is 0.891. The molecule has 0 atom stereocenters. The number of halogens is 1. The van der Waals surface area contributed by atoms with E-state index in [4.69, 9.17) is 21.1 Å². The normalized spacial score (nSPS) is 10.7. The molecule has 1 heterocycles. The molecule has 0 aliphatic heterocycles. The van der Waals surface area contributed by atoms with E-state index >= 15 is 0 Å². The molecule has 2 rings (SSSR count). The number of hydrogen-bond acceptors (Lipinski definition) is 4. The molecule has 0 radical (unpaired) electrons. The van der Waals surface area contributed by atoms with Gasteiger partial charge in [0.25, 0.3) is 0 Å². The van der Waals surface area contributed by atoms with Crippen molar-refractivity contribution in [2.45, 2.75) is 26.6 Å². The van der Waals surface area contributed by atoms with E-state index < -0.39 is 0 Å². The Hall–Kier alpha value is -1.72. The molecule has 5 nitrogen and oxygen atoms in total. The molecule has 1 aromatic heterocycles. The molecule has 0 saturated heterocycles. The lowest BCUT2D eigenvalue weighted by Gasteiger charge is -2.12. The van der Waals surface area contributed by atoms with Crippen molar-refractivity contribution in [3.05, 3.63) is 40.2 Å². The molecule has 0 unspecified atom stereocenters. The maximum Gasteiger partial charge on any atom is 0.131 e. The van der Waals surface area contributed by atoms with E-state index in [0.29, 0.717) is 22.1 Å². The van der Waals surface area contributed by atoms with Crippen LogP contribution in [0.2, 0.25) is 5.02 Å². The second kappa shape index (κ2) is 6.83. The largest absolute Gasteiger partial charge is 0.497 e. The molecule has 0 saturated carbocycles. The van der Waals surface area contributed by atoms with Crippen LogP contribution in [0.5, 0.6) is 11.5 Å². The lowest BCUT2D eigenvalue weighted by molar-refractivity contribution is 0.254. The summed E-state index contributed by atoms with van der Waals surface area (Å²) in [4.78, 5) is 0. The summed E-state index contributed by atoms with van der Waals surface area (Å²) in [6.07, 6.45) is 0.772. The van der Waals surface area contributed by atoms with Crippen molar-refractivity contribution in [3.63, 3.8) is 0 Å². The highest BCUT2D eigenvalue weighted by Gasteiger charge is 2.14. The first-order valence-corrected chi connectivity index (χ1v) is 7.09. The maximum atomic E-state index is 9.37. The van der Waals surface area contributed by atoms with Crippen LogP contribution in [0.4, 0.5) is 0 Å². The van der Waals surface area contributed by atoms with Crippen LogP contribution in [0.15, 0.2) is 18.2 Å². The zero-order valence-electron chi connectivity index (χ0n) is 12.4. The summed E-state index contributed by atoms with van der Waals surface area (Å²) in [6.45, 7) is 2.19. The third-order valence-electron chi connectivity index (χ3n) is 3.31. The molecule has 0 bridgehead atoms. The summed E-state index contributed by atoms with van der Waals surface area (Å²) in [5.74, 6) is 1.25. The van der Waals surface area contributed by atoms with Gasteiger partial charge in [-0.1, -0.05) is 18.5 Å². The smallest absolute Gasteiger partial charge is 0.131 e. The first-order chi connectivity index (χ1) is 10.1. The monoisotopic (exact) mass is 310 g/mol. The zero-order chi connectivity index (χ0) is 15.4. The van der Waals surface area contributed by atoms with Gasteiger partial charge in [-0.15, -0.1) is 0 Å². The molecule has 1 N–H and O–H groups in total. The molecule has 0 fully saturated rings. The van der Waals surface area contributed by atoms with E-state index in [1.54, 1.807) is 30.0 Å². The van der Waals surface area contributed by atoms with Crippen molar-refractivity contribution in [3.8, 4) is 11.5 Å². The average Bonchev–Trinajstić information content (AvgIpc) is 2.79. The Morgan fingerprint density at radius 2 is 2.14 bits per heavy atom. The first-order valence-electron chi connectivity index (χ1n) is 6.71. The Morgan fingerprint density at radius 3 is 2.71 bits per heavy atom. The number of ether oxygens (including phenoxy) is 2. The predicted molar refractivity (Wildman–Crippen MR) is 80.8 cm³/mol. The summed E-state index contributed by atoms with van der Waals surface area (Å²) >= 11 is 6.29. The highest BCUT2D eigenvalue weighted by molar-refractivity contribution is 6.31. The highest BCUT2D eigenvalue weighted by Crippen LogP contribution is 2.27. The van der Waals surface area contributed by atoms with Gasteiger partial charge < -0.3 is 14.6 Å². The Morgan fingerprint density at radius 1 is 1.38 bits per heavy atom. The van der Waals surface area contributed by atoms with Gasteiger partial charge >= 0.3 is 0 Å². The van der Waals surface area contributed by atoms with Gasteiger partial charge in [0.1, 0.15) is 18.1 Å². The topological polar surface area (TPSA) is 56.5 Å². The second-order valence-corrected chi connectivity index (χ2v) is 4.98. The molecule has 0 aliphatic rings. The van der Waals surface area contributed by atoms with E-state index in [1.165, 1.54) is 0 Å². The van der Waals surface area contributed by atoms with Crippen molar-refractivity contribution in [2.24, 2.45) is 7.05 Å². The molecule has 0 amide bonds. The Kier molecular flexibility index (Phi) is 5.09. The molecule has 1 aromatic carbocycles. The number of benzene rings is 1. The Labute approximate surface area is 129 Å². The molecule has 2 aromatic rings. The van der Waals surface area contributed by atoms with Crippen LogP contribution >= 0.6 is 11.6 Å². The molecular weight excluding hydrogens is 292 g/mol. The standard InChI is InChI=1S/C15H19ClN2O3/c1-4-12-15(16)13(18(2)17-12)9-21-14-7-11(20-3)6-5-10(14)8-19/h5-7,19H,4,8-9H2,1-3H3. The Bertz CT molecular complexity index is 626. The fourth-order valence-electron chi connectivity index (χ4n) is 2.05. The minimum absolute atomic E-state index is 0.0986. The number of hydrogen-bond donors (Lipinski definition) is 1. The number of rotatable bonds is 6. The van der Waals surface area contributed by atoms with E-state index in [1.807, 2.05) is 14.0 Å². The number of aryl methyl sites for hydroxylation is 2. The maximum absolute atomic E-state index is 9.37. The third kappa shape index (κ3) is 3.31. The van der Waals surface area contributed by atoms with Crippen molar-refractivity contribution in [1.82, 2.24) is 9.78 Å². The van der Waals surface area contributed by atoms with Crippen LogP contribution in [0.25, 0.3) is 0 Å². The second-order valence-electron chi connectivity index (χ2n) is 4.60. The van der Waals surface area contributed by atoms with Crippen LogP contribution in [-0.4, -0.2) is 22.0 Å². The highest BCUT2D eigenvalue weighted by atomic mass is 35.5. The summed E-state index contributed by atoms with van der Waals surface area (Å²) in [5.41, 5.74) is 2.36. The van der Waals surface area contributed by atoms with Crippen molar-refractivity contribution in [1.29, 1.82) is 0 Å². The third-order valence-corrected chi connectivity index (χ3v) is 3.75. The fraction of sp³-hybridized carbons (Fsp3) is 0.400. The van der Waals surface area contributed by atoms with Gasteiger partial charge in [0.2, 0.25) is 0 Å². The first kappa shape index (κ1) is 15.7. The van der Waals surface area contributed by atoms with Crippen molar-refractivity contribution >= 4 is 11.6 Å². The molecule has 114 valence electrons.